The van der Waals surface area contributed by atoms with Crippen LogP contribution in [-0.2, 0) is 0 Å². The van der Waals surface area contributed by atoms with E-state index in [9.17, 15) is 0 Å². The fourth-order valence-corrected chi connectivity index (χ4v) is 5.21. The van der Waals surface area contributed by atoms with Gasteiger partial charge in [0.05, 0.1) is 5.69 Å². The third-order valence-corrected chi connectivity index (χ3v) is 6.87. The first-order chi connectivity index (χ1) is 20.1. The molecule has 0 saturated heterocycles. The van der Waals surface area contributed by atoms with Crippen LogP contribution in [-0.4, -0.2) is 9.55 Å². The van der Waals surface area contributed by atoms with Crippen molar-refractivity contribution in [1.82, 2.24) is 9.55 Å². The summed E-state index contributed by atoms with van der Waals surface area (Å²) in [4.78, 5) is 6.97. The third-order valence-electron chi connectivity index (χ3n) is 6.87. The van der Waals surface area contributed by atoms with Crippen molar-refractivity contribution in [3.63, 3.8) is 0 Å². The quantitative estimate of drug-likeness (QED) is 0.211. The Bertz CT molecular complexity index is 1620. The van der Waals surface area contributed by atoms with Gasteiger partial charge in [-0.05, 0) is 84.6 Å². The second-order valence-corrected chi connectivity index (χ2v) is 10.2. The van der Waals surface area contributed by atoms with Crippen LogP contribution in [0.25, 0.3) is 28.2 Å². The van der Waals surface area contributed by atoms with Crippen LogP contribution in [0.5, 0.6) is 0 Å². The molecule has 0 saturated carbocycles. The Balaban J connectivity index is 0.00000108. The van der Waals surface area contributed by atoms with Gasteiger partial charge in [0.1, 0.15) is 5.82 Å². The van der Waals surface area contributed by atoms with Crippen LogP contribution in [0.15, 0.2) is 140 Å². The summed E-state index contributed by atoms with van der Waals surface area (Å²) in [6.07, 6.45) is 5.18. The van der Waals surface area contributed by atoms with E-state index in [1.165, 1.54) is 34.4 Å². The van der Waals surface area contributed by atoms with E-state index in [0.717, 1.165) is 28.5 Å². The highest BCUT2D eigenvalue weighted by molar-refractivity contribution is 5.80. The summed E-state index contributed by atoms with van der Waals surface area (Å²) in [6.45, 7) is 8.62. The van der Waals surface area contributed by atoms with Gasteiger partial charge in [0.15, 0.2) is 0 Å². The van der Waals surface area contributed by atoms with E-state index in [-0.39, 0.29) is 0 Å². The van der Waals surface area contributed by atoms with Gasteiger partial charge in [0.2, 0.25) is 0 Å². The highest BCUT2D eigenvalue weighted by atomic mass is 15.1. The number of anilines is 3. The molecule has 41 heavy (non-hydrogen) atoms. The van der Waals surface area contributed by atoms with Crippen molar-refractivity contribution in [2.75, 3.05) is 4.90 Å². The highest BCUT2D eigenvalue weighted by Gasteiger charge is 2.16. The fourth-order valence-electron chi connectivity index (χ4n) is 5.21. The van der Waals surface area contributed by atoms with E-state index in [0.29, 0.717) is 0 Å². The predicted molar refractivity (Wildman–Crippen MR) is 175 cm³/mol. The maximum absolute atomic E-state index is 4.67. The number of nitrogens with zero attached hydrogens (tertiary/aromatic N) is 3. The summed E-state index contributed by atoms with van der Waals surface area (Å²) in [7, 11) is 0. The molecule has 0 amide bonds. The minimum absolute atomic E-state index is 0.952. The second-order valence-electron chi connectivity index (χ2n) is 10.2. The summed E-state index contributed by atoms with van der Waals surface area (Å²) in [5.41, 5.74) is 10.5. The van der Waals surface area contributed by atoms with Crippen molar-refractivity contribution in [1.29, 1.82) is 0 Å². The predicted octanol–water partition coefficient (Wildman–Crippen LogP) is 10.7. The average Bonchev–Trinajstić information content (AvgIpc) is 3.49. The molecule has 6 aromatic rings. The molecule has 0 aliphatic carbocycles. The third kappa shape index (κ3) is 6.15. The number of para-hydroxylation sites is 2. The molecule has 0 bridgehead atoms. The van der Waals surface area contributed by atoms with E-state index in [1.807, 2.05) is 12.3 Å². The first-order valence-corrected chi connectivity index (χ1v) is 14.3. The number of rotatable bonds is 6. The molecule has 0 radical (unpaired) electrons. The Labute approximate surface area is 244 Å². The van der Waals surface area contributed by atoms with Crippen molar-refractivity contribution in [2.45, 2.75) is 34.1 Å². The molecule has 0 atom stereocenters. The van der Waals surface area contributed by atoms with Crippen LogP contribution >= 0.6 is 0 Å². The monoisotopic (exact) mass is 535 g/mol. The topological polar surface area (TPSA) is 21.1 Å². The molecule has 6 rings (SSSR count). The average molecular weight is 536 g/mol. The molecule has 0 unspecified atom stereocenters. The number of hydrogen-bond acceptors (Lipinski definition) is 2. The van der Waals surface area contributed by atoms with Crippen LogP contribution in [0.1, 0.15) is 31.4 Å². The van der Waals surface area contributed by atoms with Crippen LogP contribution < -0.4 is 4.90 Å². The SMILES string of the molecule is CCC.Cc1cc(-c2cccc(N(c3ccccc3)c3ccccc3)c2)cc(C)c1-n1ccnc1-c1ccccc1. The summed E-state index contributed by atoms with van der Waals surface area (Å²) in [6, 6.07) is 44.8. The van der Waals surface area contributed by atoms with Crippen molar-refractivity contribution in [3.05, 3.63) is 151 Å². The van der Waals surface area contributed by atoms with E-state index in [4.69, 9.17) is 0 Å². The van der Waals surface area contributed by atoms with Gasteiger partial charge in [-0.2, -0.15) is 0 Å². The van der Waals surface area contributed by atoms with E-state index in [2.05, 4.69) is 170 Å². The lowest BCUT2D eigenvalue weighted by Gasteiger charge is -2.26. The zero-order valence-electron chi connectivity index (χ0n) is 24.3. The number of aromatic nitrogens is 2. The summed E-state index contributed by atoms with van der Waals surface area (Å²) in [5.74, 6) is 0.952. The lowest BCUT2D eigenvalue weighted by atomic mass is 9.98. The Kier molecular flexibility index (Phi) is 8.76. The van der Waals surface area contributed by atoms with Gasteiger partial charge in [-0.15, -0.1) is 0 Å². The first-order valence-electron chi connectivity index (χ1n) is 14.3. The van der Waals surface area contributed by atoms with Gasteiger partial charge in [0.25, 0.3) is 0 Å². The Hall–Kier alpha value is -4.89. The number of imidazole rings is 1. The maximum atomic E-state index is 4.67. The number of hydrogen-bond donors (Lipinski definition) is 0. The fraction of sp³-hybridized carbons (Fsp3) is 0.132. The Morgan fingerprint density at radius 3 is 1.61 bits per heavy atom. The lowest BCUT2D eigenvalue weighted by Crippen LogP contribution is -2.09. The van der Waals surface area contributed by atoms with Crippen molar-refractivity contribution < 1.29 is 0 Å². The van der Waals surface area contributed by atoms with Gasteiger partial charge in [-0.25, -0.2) is 4.98 Å². The molecule has 0 N–H and O–H groups in total. The molecule has 3 nitrogen and oxygen atoms in total. The van der Waals surface area contributed by atoms with Crippen LogP contribution in [0.2, 0.25) is 0 Å². The van der Waals surface area contributed by atoms with Crippen molar-refractivity contribution in [2.24, 2.45) is 0 Å². The minimum Gasteiger partial charge on any atom is -0.310 e. The molecule has 0 spiro atoms. The van der Waals surface area contributed by atoms with Gasteiger partial charge >= 0.3 is 0 Å². The van der Waals surface area contributed by atoms with Gasteiger partial charge in [0, 0.05) is 35.0 Å². The number of aryl methyl sites for hydroxylation is 2. The lowest BCUT2D eigenvalue weighted by molar-refractivity contribution is 1.03. The van der Waals surface area contributed by atoms with Crippen molar-refractivity contribution in [3.8, 4) is 28.2 Å². The molecule has 0 aliphatic rings. The molecule has 5 aromatic carbocycles. The zero-order chi connectivity index (χ0) is 28.6. The summed E-state index contributed by atoms with van der Waals surface area (Å²) >= 11 is 0. The molecule has 3 heteroatoms. The standard InChI is InChI=1S/C35H29N3.C3H8/c1-26-23-30(24-27(2)34(26)37-22-21-36-35(37)28-13-6-3-7-14-28)29-15-12-20-33(25-29)38(31-16-8-4-9-17-31)32-18-10-5-11-19-32;1-3-2/h3-25H,1-2H3;3H2,1-2H3. The molecule has 1 heterocycles. The maximum Gasteiger partial charge on any atom is 0.144 e. The van der Waals surface area contributed by atoms with Gasteiger partial charge < -0.3 is 4.90 Å². The highest BCUT2D eigenvalue weighted by Crippen LogP contribution is 2.37. The first kappa shape index (κ1) is 27.7. The molecule has 204 valence electrons. The Morgan fingerprint density at radius 1 is 0.561 bits per heavy atom. The van der Waals surface area contributed by atoms with Gasteiger partial charge in [-0.1, -0.05) is 99.1 Å². The van der Waals surface area contributed by atoms with E-state index in [1.54, 1.807) is 0 Å². The smallest absolute Gasteiger partial charge is 0.144 e. The summed E-state index contributed by atoms with van der Waals surface area (Å²) in [5, 5.41) is 0. The van der Waals surface area contributed by atoms with E-state index < -0.39 is 0 Å². The Morgan fingerprint density at radius 2 is 1.05 bits per heavy atom. The molecule has 0 aliphatic heterocycles. The second kappa shape index (κ2) is 13.0. The summed E-state index contributed by atoms with van der Waals surface area (Å²) < 4.78 is 2.20. The van der Waals surface area contributed by atoms with Crippen LogP contribution in [0, 0.1) is 13.8 Å². The van der Waals surface area contributed by atoms with Crippen molar-refractivity contribution >= 4 is 17.1 Å². The normalized spacial score (nSPS) is 10.5. The molecule has 1 aromatic heterocycles. The number of benzene rings is 5. The zero-order valence-corrected chi connectivity index (χ0v) is 24.3. The van der Waals surface area contributed by atoms with Crippen LogP contribution in [0.4, 0.5) is 17.1 Å². The minimum atomic E-state index is 0.952. The molecule has 0 fully saturated rings. The molecular weight excluding hydrogens is 498 g/mol. The molecular formula is C38H37N3. The van der Waals surface area contributed by atoms with E-state index >= 15 is 0 Å². The van der Waals surface area contributed by atoms with Crippen LogP contribution in [0.3, 0.4) is 0 Å². The van der Waals surface area contributed by atoms with Gasteiger partial charge in [-0.3, -0.25) is 4.57 Å². The largest absolute Gasteiger partial charge is 0.310 e.